The minimum Gasteiger partial charge on any atom is -0.488 e. The van der Waals surface area contributed by atoms with E-state index in [0.717, 1.165) is 28.5 Å². The maximum absolute atomic E-state index is 12.9. The molecule has 0 saturated carbocycles. The molecule has 3 aromatic carbocycles. The molecule has 1 N–H and O–H groups in total. The van der Waals surface area contributed by atoms with Gasteiger partial charge in [-0.1, -0.05) is 60.2 Å². The summed E-state index contributed by atoms with van der Waals surface area (Å²) < 4.78 is 5.92. The van der Waals surface area contributed by atoms with E-state index in [1.165, 1.54) is 17.0 Å². The van der Waals surface area contributed by atoms with E-state index < -0.39 is 5.97 Å². The largest absolute Gasteiger partial charge is 0.488 e. The number of hydrogen-bond donors (Lipinski definition) is 1. The molecule has 0 aromatic heterocycles. The van der Waals surface area contributed by atoms with Crippen molar-refractivity contribution in [3.63, 3.8) is 0 Å². The molecule has 7 heteroatoms. The highest BCUT2D eigenvalue weighted by Gasteiger charge is 2.35. The van der Waals surface area contributed by atoms with Gasteiger partial charge in [0.15, 0.2) is 0 Å². The molecular formula is C26H21NO5S. The van der Waals surface area contributed by atoms with Crippen LogP contribution in [0.25, 0.3) is 6.08 Å². The highest BCUT2D eigenvalue weighted by molar-refractivity contribution is 8.18. The quantitative estimate of drug-likeness (QED) is 0.469. The van der Waals surface area contributed by atoms with E-state index in [-0.39, 0.29) is 29.9 Å². The number of aryl methyl sites for hydroxylation is 1. The number of benzene rings is 3. The number of hydrogen-bond acceptors (Lipinski definition) is 5. The zero-order valence-corrected chi connectivity index (χ0v) is 18.7. The molecule has 1 aliphatic heterocycles. The molecule has 0 unspecified atom stereocenters. The third kappa shape index (κ3) is 5.32. The smallest absolute Gasteiger partial charge is 0.335 e. The Morgan fingerprint density at radius 3 is 2.48 bits per heavy atom. The van der Waals surface area contributed by atoms with Gasteiger partial charge in [-0.25, -0.2) is 4.79 Å². The first-order valence-electron chi connectivity index (χ1n) is 10.3. The molecule has 0 radical (unpaired) electrons. The number of carboxylic acids is 1. The third-order valence-corrected chi connectivity index (χ3v) is 6.00. The van der Waals surface area contributed by atoms with Crippen LogP contribution in [0.3, 0.4) is 0 Å². The third-order valence-electron chi connectivity index (χ3n) is 5.10. The number of carboxylic acid groups (broad SMARTS) is 1. The summed E-state index contributed by atoms with van der Waals surface area (Å²) in [6, 6.07) is 21.4. The summed E-state index contributed by atoms with van der Waals surface area (Å²) in [5, 5.41) is 8.71. The van der Waals surface area contributed by atoms with Crippen molar-refractivity contribution in [1.82, 2.24) is 4.90 Å². The maximum Gasteiger partial charge on any atom is 0.335 e. The number of nitrogens with zero attached hydrogens (tertiary/aromatic N) is 1. The Morgan fingerprint density at radius 2 is 1.76 bits per heavy atom. The Kier molecular flexibility index (Phi) is 6.60. The van der Waals surface area contributed by atoms with E-state index >= 15 is 0 Å². The number of thioether (sulfide) groups is 1. The molecule has 6 nitrogen and oxygen atoms in total. The van der Waals surface area contributed by atoms with Crippen molar-refractivity contribution in [2.75, 3.05) is 0 Å². The second-order valence-corrected chi connectivity index (χ2v) is 8.58. The lowest BCUT2D eigenvalue weighted by molar-refractivity contribution is -0.123. The first-order valence-corrected chi connectivity index (χ1v) is 11.1. The number of ether oxygens (including phenoxy) is 1. The number of carbonyl (C=O) groups excluding carboxylic acids is 2. The van der Waals surface area contributed by atoms with Crippen LogP contribution >= 0.6 is 11.8 Å². The molecule has 166 valence electrons. The van der Waals surface area contributed by atoms with Gasteiger partial charge in [0, 0.05) is 5.56 Å². The van der Waals surface area contributed by atoms with E-state index in [1.807, 2.05) is 49.4 Å². The van der Waals surface area contributed by atoms with Crippen LogP contribution in [-0.4, -0.2) is 27.1 Å². The van der Waals surface area contributed by atoms with Crippen molar-refractivity contribution < 1.29 is 24.2 Å². The SMILES string of the molecule is Cc1cccc(CN2C(=O)S/C(=C\c3ccccc3OCc3ccc(C(=O)O)cc3)C2=O)c1. The number of carbonyl (C=O) groups is 3. The maximum atomic E-state index is 12.9. The summed E-state index contributed by atoms with van der Waals surface area (Å²) in [6.07, 6.45) is 1.67. The second kappa shape index (κ2) is 9.75. The summed E-state index contributed by atoms with van der Waals surface area (Å²) >= 11 is 0.915. The lowest BCUT2D eigenvalue weighted by Gasteiger charge is -2.13. The average Bonchev–Trinajstić information content (AvgIpc) is 3.06. The summed E-state index contributed by atoms with van der Waals surface area (Å²) in [6.45, 7) is 2.43. The van der Waals surface area contributed by atoms with Gasteiger partial charge in [-0.05, 0) is 54.1 Å². The molecule has 33 heavy (non-hydrogen) atoms. The van der Waals surface area contributed by atoms with E-state index in [4.69, 9.17) is 9.84 Å². The Labute approximate surface area is 195 Å². The predicted molar refractivity (Wildman–Crippen MR) is 127 cm³/mol. The minimum absolute atomic E-state index is 0.209. The molecule has 0 aliphatic carbocycles. The number of aromatic carboxylic acids is 1. The molecule has 1 heterocycles. The van der Waals surface area contributed by atoms with Crippen LogP contribution in [0.4, 0.5) is 4.79 Å². The number of imide groups is 1. The molecule has 3 aromatic rings. The highest BCUT2D eigenvalue weighted by atomic mass is 32.2. The van der Waals surface area contributed by atoms with Crippen LogP contribution in [-0.2, 0) is 17.9 Å². The fourth-order valence-electron chi connectivity index (χ4n) is 3.41. The Bertz CT molecular complexity index is 1250. The summed E-state index contributed by atoms with van der Waals surface area (Å²) in [5.74, 6) is -0.750. The van der Waals surface area contributed by atoms with Gasteiger partial charge in [0.1, 0.15) is 12.4 Å². The average molecular weight is 460 g/mol. The van der Waals surface area contributed by atoms with Crippen LogP contribution in [0.1, 0.15) is 32.6 Å². The summed E-state index contributed by atoms with van der Waals surface area (Å²) in [4.78, 5) is 38.0. The lowest BCUT2D eigenvalue weighted by Crippen LogP contribution is -2.27. The fraction of sp³-hybridized carbons (Fsp3) is 0.115. The molecule has 0 bridgehead atoms. The molecule has 1 saturated heterocycles. The number of rotatable bonds is 7. The minimum atomic E-state index is -0.982. The van der Waals surface area contributed by atoms with Crippen molar-refractivity contribution in [3.05, 3.63) is 106 Å². The van der Waals surface area contributed by atoms with Crippen LogP contribution < -0.4 is 4.74 Å². The Morgan fingerprint density at radius 1 is 1.00 bits per heavy atom. The van der Waals surface area contributed by atoms with Gasteiger partial charge >= 0.3 is 5.97 Å². The van der Waals surface area contributed by atoms with Crippen LogP contribution in [0.15, 0.2) is 77.7 Å². The van der Waals surface area contributed by atoms with Crippen molar-refractivity contribution >= 4 is 35.0 Å². The Hall–Kier alpha value is -3.84. The van der Waals surface area contributed by atoms with Gasteiger partial charge in [-0.3, -0.25) is 14.5 Å². The molecule has 0 atom stereocenters. The van der Waals surface area contributed by atoms with Crippen molar-refractivity contribution in [3.8, 4) is 5.75 Å². The summed E-state index contributed by atoms with van der Waals surface area (Å²) in [7, 11) is 0. The van der Waals surface area contributed by atoms with Gasteiger partial charge in [0.2, 0.25) is 0 Å². The van der Waals surface area contributed by atoms with Gasteiger partial charge in [-0.2, -0.15) is 0 Å². The highest BCUT2D eigenvalue weighted by Crippen LogP contribution is 2.35. The summed E-state index contributed by atoms with van der Waals surface area (Å²) in [5.41, 5.74) is 3.67. The van der Waals surface area contributed by atoms with Crippen molar-refractivity contribution in [1.29, 1.82) is 0 Å². The zero-order valence-electron chi connectivity index (χ0n) is 17.9. The van der Waals surface area contributed by atoms with E-state index in [0.29, 0.717) is 16.2 Å². The first-order chi connectivity index (χ1) is 15.9. The fourth-order valence-corrected chi connectivity index (χ4v) is 4.24. The molecule has 0 spiro atoms. The Balaban J connectivity index is 1.49. The van der Waals surface area contributed by atoms with Crippen molar-refractivity contribution in [2.24, 2.45) is 0 Å². The van der Waals surface area contributed by atoms with E-state index in [2.05, 4.69) is 0 Å². The molecule has 1 fully saturated rings. The van der Waals surface area contributed by atoms with Gasteiger partial charge < -0.3 is 9.84 Å². The molecule has 4 rings (SSSR count). The normalized spacial score (nSPS) is 14.7. The second-order valence-electron chi connectivity index (χ2n) is 7.59. The monoisotopic (exact) mass is 459 g/mol. The van der Waals surface area contributed by atoms with Crippen LogP contribution in [0.2, 0.25) is 0 Å². The number of para-hydroxylation sites is 1. The predicted octanol–water partition coefficient (Wildman–Crippen LogP) is 5.51. The van der Waals surface area contributed by atoms with Crippen molar-refractivity contribution in [2.45, 2.75) is 20.1 Å². The van der Waals surface area contributed by atoms with E-state index in [9.17, 15) is 14.4 Å². The molecule has 1 aliphatic rings. The standard InChI is InChI=1S/C26H21NO5S/c1-17-5-4-6-19(13-17)15-27-24(28)23(33-26(27)31)14-21-7-2-3-8-22(21)32-16-18-9-11-20(12-10-18)25(29)30/h2-14H,15-16H2,1H3,(H,29,30)/b23-14-. The number of amides is 2. The first kappa shape index (κ1) is 22.4. The molecular weight excluding hydrogens is 438 g/mol. The van der Waals surface area contributed by atoms with Gasteiger partial charge in [0.05, 0.1) is 17.0 Å². The van der Waals surface area contributed by atoms with Gasteiger partial charge in [-0.15, -0.1) is 0 Å². The van der Waals surface area contributed by atoms with Crippen LogP contribution in [0.5, 0.6) is 5.75 Å². The molecule has 2 amide bonds. The van der Waals surface area contributed by atoms with Gasteiger partial charge in [0.25, 0.3) is 11.1 Å². The lowest BCUT2D eigenvalue weighted by atomic mass is 10.1. The van der Waals surface area contributed by atoms with E-state index in [1.54, 1.807) is 24.3 Å². The zero-order chi connectivity index (χ0) is 23.4. The topological polar surface area (TPSA) is 83.9 Å². The van der Waals surface area contributed by atoms with Crippen LogP contribution in [0, 0.1) is 6.92 Å².